The van der Waals surface area contributed by atoms with Gasteiger partial charge in [-0.05, 0) is 19.4 Å². The molecule has 1 N–H and O–H groups in total. The third-order valence-electron chi connectivity index (χ3n) is 5.18. The van der Waals surface area contributed by atoms with Crippen LogP contribution in [0.15, 0.2) is 46.9 Å². The molecule has 0 radical (unpaired) electrons. The fourth-order valence-electron chi connectivity index (χ4n) is 3.69. The predicted octanol–water partition coefficient (Wildman–Crippen LogP) is 1.73. The molecule has 2 aliphatic heterocycles. The Morgan fingerprint density at radius 2 is 2.00 bits per heavy atom. The maximum absolute atomic E-state index is 13.3. The van der Waals surface area contributed by atoms with Crippen molar-refractivity contribution < 1.29 is 19.2 Å². The summed E-state index contributed by atoms with van der Waals surface area (Å²) in [6.45, 7) is 4.75. The van der Waals surface area contributed by atoms with Crippen molar-refractivity contribution in [3.63, 3.8) is 0 Å². The van der Waals surface area contributed by atoms with E-state index < -0.39 is 16.8 Å². The maximum Gasteiger partial charge on any atom is 0.336 e. The molecule has 0 fully saturated rings. The van der Waals surface area contributed by atoms with Crippen LogP contribution in [0.2, 0.25) is 0 Å². The number of amides is 1. The molecular formula is C20H24N4O5. The van der Waals surface area contributed by atoms with E-state index in [1.54, 1.807) is 37.9 Å². The molecule has 0 saturated carbocycles. The number of benzene rings is 1. The van der Waals surface area contributed by atoms with Crippen LogP contribution < -0.4 is 5.32 Å². The zero-order chi connectivity index (χ0) is 21.3. The van der Waals surface area contributed by atoms with Gasteiger partial charge in [0, 0.05) is 45.0 Å². The van der Waals surface area contributed by atoms with E-state index in [9.17, 15) is 19.7 Å². The van der Waals surface area contributed by atoms with E-state index in [1.807, 2.05) is 11.9 Å². The molecule has 3 rings (SSSR count). The van der Waals surface area contributed by atoms with Gasteiger partial charge in [0.15, 0.2) is 0 Å². The molecule has 0 saturated heterocycles. The fourth-order valence-corrected chi connectivity index (χ4v) is 3.69. The number of nitrogens with zero attached hydrogens (tertiary/aromatic N) is 3. The largest absolute Gasteiger partial charge is 0.463 e. The van der Waals surface area contributed by atoms with Crippen molar-refractivity contribution in [3.05, 3.63) is 62.6 Å². The van der Waals surface area contributed by atoms with Gasteiger partial charge in [0.1, 0.15) is 5.82 Å². The number of ether oxygens (including phenoxy) is 1. The minimum absolute atomic E-state index is 0.105. The Hall–Kier alpha value is -3.36. The van der Waals surface area contributed by atoms with E-state index in [0.29, 0.717) is 35.7 Å². The second-order valence-electron chi connectivity index (χ2n) is 7.08. The normalized spacial score (nSPS) is 19.6. The van der Waals surface area contributed by atoms with Crippen LogP contribution in [0.1, 0.15) is 25.3 Å². The molecular weight excluding hydrogens is 376 g/mol. The molecule has 1 amide bonds. The highest BCUT2D eigenvalue weighted by molar-refractivity contribution is 6.02. The van der Waals surface area contributed by atoms with Crippen molar-refractivity contribution in [1.29, 1.82) is 0 Å². The highest BCUT2D eigenvalue weighted by Gasteiger charge is 2.41. The van der Waals surface area contributed by atoms with Crippen LogP contribution in [-0.4, -0.2) is 60.4 Å². The number of hydrogen-bond acceptors (Lipinski definition) is 7. The van der Waals surface area contributed by atoms with Crippen molar-refractivity contribution in [3.8, 4) is 0 Å². The molecule has 1 aromatic rings. The Morgan fingerprint density at radius 3 is 2.66 bits per heavy atom. The highest BCUT2D eigenvalue weighted by atomic mass is 16.6. The first kappa shape index (κ1) is 20.4. The third kappa shape index (κ3) is 3.67. The van der Waals surface area contributed by atoms with Gasteiger partial charge in [-0.2, -0.15) is 0 Å². The lowest BCUT2D eigenvalue weighted by molar-refractivity contribution is -0.384. The number of carbonyl (C=O) groups excluding carboxylic acids is 2. The molecule has 0 aliphatic carbocycles. The van der Waals surface area contributed by atoms with Crippen molar-refractivity contribution in [2.24, 2.45) is 0 Å². The standard InChI is InChI=1S/C20H24N4O5/c1-5-29-20(26)15-12(2)21-18-17(19(25)23(4)10-9-22(18)3)16(15)13-7-6-8-14(11-13)24(27)28/h6-8,11,16,21H,5,9-10H2,1-4H3. The molecule has 2 heterocycles. The number of rotatable bonds is 4. The number of dihydropyridines is 1. The summed E-state index contributed by atoms with van der Waals surface area (Å²) in [5, 5.41) is 14.5. The molecule has 1 atom stereocenters. The van der Waals surface area contributed by atoms with Crippen molar-refractivity contribution >= 4 is 17.6 Å². The van der Waals surface area contributed by atoms with Crippen LogP contribution in [-0.2, 0) is 14.3 Å². The Morgan fingerprint density at radius 1 is 1.31 bits per heavy atom. The molecule has 0 aromatic heterocycles. The number of likely N-dealkylation sites (N-methyl/N-ethyl adjacent to an activating group) is 2. The van der Waals surface area contributed by atoms with Crippen LogP contribution in [0.25, 0.3) is 0 Å². The van der Waals surface area contributed by atoms with Gasteiger partial charge in [-0.1, -0.05) is 12.1 Å². The topological polar surface area (TPSA) is 105 Å². The quantitative estimate of drug-likeness (QED) is 0.466. The molecule has 29 heavy (non-hydrogen) atoms. The average Bonchev–Trinajstić information content (AvgIpc) is 2.79. The van der Waals surface area contributed by atoms with Crippen molar-refractivity contribution in [2.75, 3.05) is 33.8 Å². The first-order valence-corrected chi connectivity index (χ1v) is 9.36. The molecule has 1 unspecified atom stereocenters. The molecule has 9 heteroatoms. The number of non-ortho nitro benzene ring substituents is 1. The summed E-state index contributed by atoms with van der Waals surface area (Å²) in [6.07, 6.45) is 0. The van der Waals surface area contributed by atoms with E-state index in [-0.39, 0.29) is 23.8 Å². The van der Waals surface area contributed by atoms with E-state index >= 15 is 0 Å². The monoisotopic (exact) mass is 400 g/mol. The minimum atomic E-state index is -0.777. The molecule has 9 nitrogen and oxygen atoms in total. The second-order valence-corrected chi connectivity index (χ2v) is 7.08. The van der Waals surface area contributed by atoms with Crippen LogP contribution >= 0.6 is 0 Å². The first-order chi connectivity index (χ1) is 13.8. The summed E-state index contributed by atoms with van der Waals surface area (Å²) < 4.78 is 5.25. The molecule has 1 aromatic carbocycles. The Balaban J connectivity index is 2.26. The van der Waals surface area contributed by atoms with Gasteiger partial charge in [0.05, 0.1) is 28.6 Å². The lowest BCUT2D eigenvalue weighted by atomic mass is 9.80. The van der Waals surface area contributed by atoms with Gasteiger partial charge >= 0.3 is 5.97 Å². The number of nitro groups is 1. The van der Waals surface area contributed by atoms with Gasteiger partial charge in [0.25, 0.3) is 11.6 Å². The number of nitro benzene ring substituents is 1. The van der Waals surface area contributed by atoms with Crippen molar-refractivity contribution in [1.82, 2.24) is 15.1 Å². The van der Waals surface area contributed by atoms with E-state index in [1.165, 1.54) is 12.1 Å². The zero-order valence-corrected chi connectivity index (χ0v) is 16.9. The predicted molar refractivity (Wildman–Crippen MR) is 106 cm³/mol. The van der Waals surface area contributed by atoms with E-state index in [2.05, 4.69) is 5.32 Å². The highest BCUT2D eigenvalue weighted by Crippen LogP contribution is 2.41. The zero-order valence-electron chi connectivity index (χ0n) is 16.9. The van der Waals surface area contributed by atoms with Gasteiger partial charge in [0.2, 0.25) is 0 Å². The summed E-state index contributed by atoms with van der Waals surface area (Å²) in [5.41, 5.74) is 1.60. The Kier molecular flexibility index (Phi) is 5.58. The molecule has 2 aliphatic rings. The molecule has 0 spiro atoms. The SMILES string of the molecule is CCOC(=O)C1=C(C)NC2=C(C(=O)N(C)CCN2C)C1c1cccc([N+](=O)[O-])c1. The van der Waals surface area contributed by atoms with Crippen LogP contribution in [0, 0.1) is 10.1 Å². The van der Waals surface area contributed by atoms with E-state index in [0.717, 1.165) is 0 Å². The van der Waals surface area contributed by atoms with Crippen LogP contribution in [0.5, 0.6) is 0 Å². The number of carbonyl (C=O) groups is 2. The number of nitrogens with one attached hydrogen (secondary N) is 1. The van der Waals surface area contributed by atoms with Gasteiger partial charge in [-0.25, -0.2) is 4.79 Å². The van der Waals surface area contributed by atoms with E-state index in [4.69, 9.17) is 4.74 Å². The van der Waals surface area contributed by atoms with Gasteiger partial charge < -0.3 is 19.9 Å². The summed E-state index contributed by atoms with van der Waals surface area (Å²) in [7, 11) is 3.56. The van der Waals surface area contributed by atoms with Crippen molar-refractivity contribution in [2.45, 2.75) is 19.8 Å². The summed E-state index contributed by atoms with van der Waals surface area (Å²) in [6, 6.07) is 6.04. The van der Waals surface area contributed by atoms with Crippen LogP contribution in [0.3, 0.4) is 0 Å². The second kappa shape index (κ2) is 7.94. The lowest BCUT2D eigenvalue weighted by Gasteiger charge is -2.34. The molecule has 0 bridgehead atoms. The maximum atomic E-state index is 13.3. The molecule has 154 valence electrons. The minimum Gasteiger partial charge on any atom is -0.463 e. The number of hydrogen-bond donors (Lipinski definition) is 1. The lowest BCUT2D eigenvalue weighted by Crippen LogP contribution is -2.38. The smallest absolute Gasteiger partial charge is 0.336 e. The number of esters is 1. The summed E-state index contributed by atoms with van der Waals surface area (Å²) in [4.78, 5) is 40.4. The van der Waals surface area contributed by atoms with Gasteiger partial charge in [-0.3, -0.25) is 14.9 Å². The average molecular weight is 400 g/mol. The number of allylic oxidation sites excluding steroid dienone is 1. The Labute approximate surface area is 168 Å². The summed E-state index contributed by atoms with van der Waals surface area (Å²) >= 11 is 0. The van der Waals surface area contributed by atoms with Crippen LogP contribution in [0.4, 0.5) is 5.69 Å². The van der Waals surface area contributed by atoms with Gasteiger partial charge in [-0.15, -0.1) is 0 Å². The third-order valence-corrected chi connectivity index (χ3v) is 5.18. The Bertz CT molecular complexity index is 937. The first-order valence-electron chi connectivity index (χ1n) is 9.36. The summed E-state index contributed by atoms with van der Waals surface area (Å²) in [5.74, 6) is -0.965. The fraction of sp³-hybridized carbons (Fsp3) is 0.400.